The van der Waals surface area contributed by atoms with E-state index in [1.807, 2.05) is 6.92 Å². The van der Waals surface area contributed by atoms with Crippen LogP contribution in [0.4, 0.5) is 0 Å². The van der Waals surface area contributed by atoms with Gasteiger partial charge in [0.05, 0.1) is 4.90 Å². The van der Waals surface area contributed by atoms with E-state index < -0.39 is 26.5 Å². The smallest absolute Gasteiger partial charge is 0.259 e. The predicted octanol–water partition coefficient (Wildman–Crippen LogP) is 2.26. The summed E-state index contributed by atoms with van der Waals surface area (Å²) in [5, 5.41) is 2.42. The number of carbonyl (C=O) groups is 2. The van der Waals surface area contributed by atoms with Crippen molar-refractivity contribution in [2.24, 2.45) is 5.73 Å². The molecule has 0 spiro atoms. The largest absolute Gasteiger partial charge is 0.367 e. The van der Waals surface area contributed by atoms with Crippen molar-refractivity contribution < 1.29 is 18.0 Å². The summed E-state index contributed by atoms with van der Waals surface area (Å²) in [7, 11) is -4.24. The Morgan fingerprint density at radius 2 is 1.54 bits per heavy atom. The van der Waals surface area contributed by atoms with Crippen molar-refractivity contribution >= 4 is 21.7 Å². The van der Waals surface area contributed by atoms with E-state index in [1.165, 1.54) is 24.3 Å². The maximum atomic E-state index is 13.3. The molecule has 7 heteroatoms. The Morgan fingerprint density at radius 1 is 1.00 bits per heavy atom. The molecule has 0 saturated heterocycles. The first-order chi connectivity index (χ1) is 12.3. The van der Waals surface area contributed by atoms with Gasteiger partial charge >= 0.3 is 0 Å². The minimum atomic E-state index is -4.24. The van der Waals surface area contributed by atoms with Crippen molar-refractivity contribution in [3.63, 3.8) is 0 Å². The van der Waals surface area contributed by atoms with Gasteiger partial charge in [-0.05, 0) is 37.1 Å². The Labute approximate surface area is 153 Å². The Bertz CT molecular complexity index is 867. The molecule has 0 radical (unpaired) electrons. The molecule has 1 atom stereocenters. The number of nitrogens with one attached hydrogen (secondary N) is 1. The third-order valence-electron chi connectivity index (χ3n) is 4.14. The quantitative estimate of drug-likeness (QED) is 0.739. The van der Waals surface area contributed by atoms with Crippen LogP contribution in [0, 0.1) is 0 Å². The van der Waals surface area contributed by atoms with Crippen molar-refractivity contribution in [3.05, 3.63) is 66.2 Å². The standard InChI is InChI=1S/C19H22N2O4S/c1-2-3-14-19(18(20)23,21-17(22)15-10-6-4-7-11-15)26(24,25)16-12-8-5-9-13-16/h4-13H,2-3,14H2,1H3,(H2,20,23)(H,21,22). The number of nitrogens with two attached hydrogens (primary N) is 1. The van der Waals surface area contributed by atoms with Crippen LogP contribution < -0.4 is 11.1 Å². The van der Waals surface area contributed by atoms with Crippen LogP contribution in [-0.4, -0.2) is 25.1 Å². The van der Waals surface area contributed by atoms with Crippen LogP contribution >= 0.6 is 0 Å². The first-order valence-corrected chi connectivity index (χ1v) is 9.80. The van der Waals surface area contributed by atoms with E-state index in [0.717, 1.165) is 0 Å². The zero-order valence-electron chi connectivity index (χ0n) is 14.5. The molecule has 0 bridgehead atoms. The highest BCUT2D eigenvalue weighted by Gasteiger charge is 2.51. The lowest BCUT2D eigenvalue weighted by atomic mass is 10.1. The number of carbonyl (C=O) groups excluding carboxylic acids is 2. The fourth-order valence-corrected chi connectivity index (χ4v) is 4.48. The van der Waals surface area contributed by atoms with Gasteiger partial charge in [-0.2, -0.15) is 0 Å². The van der Waals surface area contributed by atoms with E-state index in [4.69, 9.17) is 5.73 Å². The maximum absolute atomic E-state index is 13.3. The minimum absolute atomic E-state index is 0.0664. The van der Waals surface area contributed by atoms with Gasteiger partial charge in [-0.3, -0.25) is 9.59 Å². The van der Waals surface area contributed by atoms with Crippen molar-refractivity contribution in [1.82, 2.24) is 5.32 Å². The number of sulfone groups is 1. The second kappa shape index (κ2) is 8.14. The number of amides is 2. The molecule has 138 valence electrons. The van der Waals surface area contributed by atoms with Crippen LogP contribution in [-0.2, 0) is 14.6 Å². The summed E-state index contributed by atoms with van der Waals surface area (Å²) in [6.07, 6.45) is 0.944. The monoisotopic (exact) mass is 374 g/mol. The van der Waals surface area contributed by atoms with Crippen LogP contribution in [0.1, 0.15) is 36.5 Å². The van der Waals surface area contributed by atoms with Gasteiger partial charge < -0.3 is 11.1 Å². The minimum Gasteiger partial charge on any atom is -0.367 e. The van der Waals surface area contributed by atoms with Gasteiger partial charge in [-0.25, -0.2) is 8.42 Å². The maximum Gasteiger partial charge on any atom is 0.259 e. The highest BCUT2D eigenvalue weighted by molar-refractivity contribution is 7.93. The summed E-state index contributed by atoms with van der Waals surface area (Å²) in [5.74, 6) is -1.76. The SMILES string of the molecule is CCCCC(NC(=O)c1ccccc1)(C(N)=O)S(=O)(=O)c1ccccc1. The third-order valence-corrected chi connectivity index (χ3v) is 6.46. The molecule has 0 aliphatic carbocycles. The first kappa shape index (κ1) is 19.7. The van der Waals surface area contributed by atoms with Crippen LogP contribution in [0.25, 0.3) is 0 Å². The molecular weight excluding hydrogens is 352 g/mol. The number of rotatable bonds is 8. The molecule has 0 aliphatic heterocycles. The highest BCUT2D eigenvalue weighted by Crippen LogP contribution is 2.29. The second-order valence-corrected chi connectivity index (χ2v) is 8.11. The summed E-state index contributed by atoms with van der Waals surface area (Å²) in [6.45, 7) is 1.86. The molecule has 2 amide bonds. The number of hydrogen-bond donors (Lipinski definition) is 2. The molecule has 0 fully saturated rings. The van der Waals surface area contributed by atoms with Gasteiger partial charge in [0.15, 0.2) is 0 Å². The number of unbranched alkanes of at least 4 members (excludes halogenated alkanes) is 1. The normalized spacial score (nSPS) is 13.6. The van der Waals surface area contributed by atoms with Crippen molar-refractivity contribution in [2.45, 2.75) is 36.0 Å². The van der Waals surface area contributed by atoms with Crippen molar-refractivity contribution in [3.8, 4) is 0 Å². The fourth-order valence-electron chi connectivity index (χ4n) is 2.65. The zero-order chi connectivity index (χ0) is 19.2. The Morgan fingerprint density at radius 3 is 2.04 bits per heavy atom. The summed E-state index contributed by atoms with van der Waals surface area (Å²) in [5.41, 5.74) is 5.78. The van der Waals surface area contributed by atoms with E-state index >= 15 is 0 Å². The Kier molecular flexibility index (Phi) is 6.15. The number of benzene rings is 2. The molecule has 0 heterocycles. The van der Waals surface area contributed by atoms with Crippen LogP contribution in [0.15, 0.2) is 65.6 Å². The molecular formula is C19H22N2O4S. The molecule has 0 aromatic heterocycles. The van der Waals surface area contributed by atoms with E-state index in [1.54, 1.807) is 36.4 Å². The van der Waals surface area contributed by atoms with E-state index in [2.05, 4.69) is 5.32 Å². The van der Waals surface area contributed by atoms with Gasteiger partial charge in [0.1, 0.15) is 0 Å². The fraction of sp³-hybridized carbons (Fsp3) is 0.263. The number of primary amides is 1. The van der Waals surface area contributed by atoms with Crippen LogP contribution in [0.5, 0.6) is 0 Å². The lowest BCUT2D eigenvalue weighted by Gasteiger charge is -2.31. The summed E-state index contributed by atoms with van der Waals surface area (Å²) >= 11 is 0. The van der Waals surface area contributed by atoms with E-state index in [0.29, 0.717) is 12.8 Å². The Balaban J connectivity index is 2.55. The molecule has 6 nitrogen and oxygen atoms in total. The van der Waals surface area contributed by atoms with Gasteiger partial charge in [0.25, 0.3) is 11.8 Å². The van der Waals surface area contributed by atoms with Crippen molar-refractivity contribution in [2.75, 3.05) is 0 Å². The van der Waals surface area contributed by atoms with Crippen molar-refractivity contribution in [1.29, 1.82) is 0 Å². The Hall–Kier alpha value is -2.67. The molecule has 2 rings (SSSR count). The average molecular weight is 374 g/mol. The van der Waals surface area contributed by atoms with Gasteiger partial charge in [-0.15, -0.1) is 0 Å². The molecule has 2 aromatic rings. The molecule has 2 aromatic carbocycles. The van der Waals surface area contributed by atoms with Crippen LogP contribution in [0.2, 0.25) is 0 Å². The second-order valence-electron chi connectivity index (χ2n) is 5.93. The predicted molar refractivity (Wildman–Crippen MR) is 99.0 cm³/mol. The zero-order valence-corrected chi connectivity index (χ0v) is 15.3. The average Bonchev–Trinajstić information content (AvgIpc) is 2.66. The van der Waals surface area contributed by atoms with Gasteiger partial charge in [0.2, 0.25) is 14.7 Å². The molecule has 1 unspecified atom stereocenters. The third kappa shape index (κ3) is 3.77. The molecule has 0 aliphatic rings. The summed E-state index contributed by atoms with van der Waals surface area (Å²) in [4.78, 5) is 22.7. The van der Waals surface area contributed by atoms with E-state index in [-0.39, 0.29) is 16.9 Å². The first-order valence-electron chi connectivity index (χ1n) is 8.32. The lowest BCUT2D eigenvalue weighted by Crippen LogP contribution is -2.62. The molecule has 3 N–H and O–H groups in total. The van der Waals surface area contributed by atoms with Gasteiger partial charge in [0, 0.05) is 5.56 Å². The summed E-state index contributed by atoms with van der Waals surface area (Å²) < 4.78 is 26.5. The van der Waals surface area contributed by atoms with Gasteiger partial charge in [-0.1, -0.05) is 49.7 Å². The number of hydrogen-bond acceptors (Lipinski definition) is 4. The lowest BCUT2D eigenvalue weighted by molar-refractivity contribution is -0.121. The molecule has 26 heavy (non-hydrogen) atoms. The topological polar surface area (TPSA) is 106 Å². The van der Waals surface area contributed by atoms with Crippen LogP contribution in [0.3, 0.4) is 0 Å². The molecule has 0 saturated carbocycles. The summed E-state index contributed by atoms with van der Waals surface area (Å²) in [6, 6.07) is 15.6. The van der Waals surface area contributed by atoms with E-state index in [9.17, 15) is 18.0 Å². The highest BCUT2D eigenvalue weighted by atomic mass is 32.2.